The number of aromatic nitrogens is 4. The van der Waals surface area contributed by atoms with E-state index in [9.17, 15) is 4.79 Å². The van der Waals surface area contributed by atoms with E-state index in [4.69, 9.17) is 0 Å². The predicted molar refractivity (Wildman–Crippen MR) is 74.3 cm³/mol. The van der Waals surface area contributed by atoms with Gasteiger partial charge in [-0.25, -0.2) is 14.6 Å². The van der Waals surface area contributed by atoms with Gasteiger partial charge in [0.25, 0.3) is 0 Å². The average molecular weight is 269 g/mol. The summed E-state index contributed by atoms with van der Waals surface area (Å²) in [7, 11) is 0. The molecular weight excluding hydrogens is 254 g/mol. The summed E-state index contributed by atoms with van der Waals surface area (Å²) in [4.78, 5) is 20.0. The number of nitrogens with zero attached hydrogens (tertiary/aromatic N) is 4. The van der Waals surface area contributed by atoms with Crippen molar-refractivity contribution in [2.45, 2.75) is 19.3 Å². The van der Waals surface area contributed by atoms with E-state index < -0.39 is 0 Å². The fraction of sp³-hybridized carbons (Fsp3) is 0.286. The Labute approximate surface area is 116 Å². The molecule has 0 fully saturated rings. The largest absolute Gasteiger partial charge is 0.325 e. The molecule has 1 N–H and O–H groups in total. The van der Waals surface area contributed by atoms with Crippen molar-refractivity contribution < 1.29 is 4.79 Å². The number of carbonyl (C=O) groups is 1. The highest BCUT2D eigenvalue weighted by atomic mass is 16.1. The average Bonchev–Trinajstić information content (AvgIpc) is 3.12. The minimum absolute atomic E-state index is 0.0249. The normalized spacial score (nSPS) is 17.3. The molecule has 2 aromatic rings. The summed E-state index contributed by atoms with van der Waals surface area (Å²) in [5.41, 5.74) is 0.695. The smallest absolute Gasteiger partial charge is 0.225 e. The maximum absolute atomic E-state index is 11.9. The molecule has 102 valence electrons. The number of amides is 1. The predicted octanol–water partition coefficient (Wildman–Crippen LogP) is 1.96. The van der Waals surface area contributed by atoms with Crippen molar-refractivity contribution in [3.05, 3.63) is 43.1 Å². The van der Waals surface area contributed by atoms with E-state index in [0.29, 0.717) is 23.8 Å². The highest BCUT2D eigenvalue weighted by molar-refractivity contribution is 5.90. The number of carbonyl (C=O) groups excluding carboxylic acids is 1. The number of allylic oxidation sites excluding steroid dienone is 2. The second-order valence-corrected chi connectivity index (χ2v) is 4.76. The summed E-state index contributed by atoms with van der Waals surface area (Å²) < 4.78 is 1.56. The van der Waals surface area contributed by atoms with Crippen molar-refractivity contribution in [1.29, 1.82) is 0 Å². The molecule has 1 atom stereocenters. The topological polar surface area (TPSA) is 72.7 Å². The third kappa shape index (κ3) is 2.90. The Kier molecular flexibility index (Phi) is 3.54. The van der Waals surface area contributed by atoms with Crippen LogP contribution in [0.25, 0.3) is 5.82 Å². The molecule has 0 aliphatic heterocycles. The molecule has 0 spiro atoms. The van der Waals surface area contributed by atoms with E-state index in [2.05, 4.69) is 32.5 Å². The van der Waals surface area contributed by atoms with Crippen LogP contribution in [-0.4, -0.2) is 25.7 Å². The molecule has 3 rings (SSSR count). The minimum atomic E-state index is 0.0249. The molecule has 2 aromatic heterocycles. The second kappa shape index (κ2) is 5.64. The fourth-order valence-electron chi connectivity index (χ4n) is 2.24. The van der Waals surface area contributed by atoms with Gasteiger partial charge in [0.2, 0.25) is 5.91 Å². The van der Waals surface area contributed by atoms with Crippen LogP contribution in [0.2, 0.25) is 0 Å². The highest BCUT2D eigenvalue weighted by Gasteiger charge is 2.14. The Hall–Kier alpha value is -2.50. The first-order chi connectivity index (χ1) is 9.81. The van der Waals surface area contributed by atoms with Crippen LogP contribution in [0.1, 0.15) is 19.3 Å². The van der Waals surface area contributed by atoms with Crippen LogP contribution < -0.4 is 5.32 Å². The van der Waals surface area contributed by atoms with E-state index in [1.807, 2.05) is 6.07 Å². The number of hydrogen-bond acceptors (Lipinski definition) is 4. The minimum Gasteiger partial charge on any atom is -0.325 e. The molecule has 2 heterocycles. The van der Waals surface area contributed by atoms with Crippen LogP contribution in [0.3, 0.4) is 0 Å². The van der Waals surface area contributed by atoms with Crippen LogP contribution in [0, 0.1) is 5.92 Å². The molecule has 20 heavy (non-hydrogen) atoms. The van der Waals surface area contributed by atoms with Crippen molar-refractivity contribution in [3.8, 4) is 5.82 Å². The molecule has 1 amide bonds. The van der Waals surface area contributed by atoms with Crippen LogP contribution in [0.4, 0.5) is 5.69 Å². The summed E-state index contributed by atoms with van der Waals surface area (Å²) in [5, 5.41) is 6.85. The molecule has 0 bridgehead atoms. The third-order valence-electron chi connectivity index (χ3n) is 3.25. The number of anilines is 1. The molecule has 0 radical (unpaired) electrons. The van der Waals surface area contributed by atoms with Crippen LogP contribution in [-0.2, 0) is 4.79 Å². The summed E-state index contributed by atoms with van der Waals surface area (Å²) in [6.07, 6.45) is 11.6. The van der Waals surface area contributed by atoms with Gasteiger partial charge in [-0.05, 0) is 30.9 Å². The number of nitrogens with one attached hydrogen (secondary N) is 1. The Morgan fingerprint density at radius 1 is 1.45 bits per heavy atom. The Morgan fingerprint density at radius 3 is 3.05 bits per heavy atom. The molecule has 6 heteroatoms. The maximum Gasteiger partial charge on any atom is 0.225 e. The van der Waals surface area contributed by atoms with E-state index in [1.165, 1.54) is 6.33 Å². The molecule has 0 unspecified atom stereocenters. The maximum atomic E-state index is 11.9. The summed E-state index contributed by atoms with van der Waals surface area (Å²) in [6, 6.07) is 3.60. The SMILES string of the molecule is O=C(C[C@H]1C=CCC1)Nc1ccc(-n2cncn2)nc1. The summed E-state index contributed by atoms with van der Waals surface area (Å²) in [6.45, 7) is 0. The molecule has 6 nitrogen and oxygen atoms in total. The lowest BCUT2D eigenvalue weighted by molar-refractivity contribution is -0.116. The molecular formula is C14H15N5O. The zero-order chi connectivity index (χ0) is 13.8. The van der Waals surface area contributed by atoms with E-state index in [-0.39, 0.29) is 5.91 Å². The van der Waals surface area contributed by atoms with Gasteiger partial charge in [0.05, 0.1) is 11.9 Å². The Balaban J connectivity index is 1.60. The van der Waals surface area contributed by atoms with Crippen molar-refractivity contribution in [2.24, 2.45) is 5.92 Å². The first-order valence-electron chi connectivity index (χ1n) is 6.59. The van der Waals surface area contributed by atoms with E-state index in [0.717, 1.165) is 12.8 Å². The lowest BCUT2D eigenvalue weighted by Gasteiger charge is -2.08. The first-order valence-corrected chi connectivity index (χ1v) is 6.59. The molecule has 0 saturated heterocycles. The number of pyridine rings is 1. The quantitative estimate of drug-likeness (QED) is 0.861. The van der Waals surface area contributed by atoms with Crippen molar-refractivity contribution in [1.82, 2.24) is 19.7 Å². The van der Waals surface area contributed by atoms with Crippen molar-refractivity contribution in [2.75, 3.05) is 5.32 Å². The van der Waals surface area contributed by atoms with Gasteiger partial charge in [-0.15, -0.1) is 0 Å². The summed E-state index contributed by atoms with van der Waals surface area (Å²) in [5.74, 6) is 1.06. The first kappa shape index (κ1) is 12.5. The number of rotatable bonds is 4. The molecule has 0 aromatic carbocycles. The number of hydrogen-bond donors (Lipinski definition) is 1. The van der Waals surface area contributed by atoms with Gasteiger partial charge in [0.1, 0.15) is 12.7 Å². The van der Waals surface area contributed by atoms with Crippen LogP contribution in [0.15, 0.2) is 43.1 Å². The van der Waals surface area contributed by atoms with Crippen molar-refractivity contribution in [3.63, 3.8) is 0 Å². The van der Waals surface area contributed by atoms with Gasteiger partial charge in [-0.2, -0.15) is 5.10 Å². The molecule has 0 saturated carbocycles. The van der Waals surface area contributed by atoms with E-state index >= 15 is 0 Å². The lowest BCUT2D eigenvalue weighted by atomic mass is 10.1. The Morgan fingerprint density at radius 2 is 2.40 bits per heavy atom. The fourth-order valence-corrected chi connectivity index (χ4v) is 2.24. The van der Waals surface area contributed by atoms with Gasteiger partial charge in [0.15, 0.2) is 5.82 Å². The molecule has 1 aliphatic carbocycles. The zero-order valence-electron chi connectivity index (χ0n) is 10.9. The van der Waals surface area contributed by atoms with Gasteiger partial charge in [0, 0.05) is 6.42 Å². The van der Waals surface area contributed by atoms with Gasteiger partial charge < -0.3 is 5.32 Å². The summed E-state index contributed by atoms with van der Waals surface area (Å²) >= 11 is 0. The lowest BCUT2D eigenvalue weighted by Crippen LogP contribution is -2.15. The van der Waals surface area contributed by atoms with Gasteiger partial charge >= 0.3 is 0 Å². The monoisotopic (exact) mass is 269 g/mol. The zero-order valence-corrected chi connectivity index (χ0v) is 10.9. The third-order valence-corrected chi connectivity index (χ3v) is 3.25. The van der Waals surface area contributed by atoms with Crippen molar-refractivity contribution >= 4 is 11.6 Å². The Bertz CT molecular complexity index is 603. The van der Waals surface area contributed by atoms with E-state index in [1.54, 1.807) is 23.3 Å². The van der Waals surface area contributed by atoms with Crippen LogP contribution in [0.5, 0.6) is 0 Å². The van der Waals surface area contributed by atoms with Gasteiger partial charge in [-0.3, -0.25) is 4.79 Å². The van der Waals surface area contributed by atoms with Crippen LogP contribution >= 0.6 is 0 Å². The van der Waals surface area contributed by atoms with Gasteiger partial charge in [-0.1, -0.05) is 12.2 Å². The highest BCUT2D eigenvalue weighted by Crippen LogP contribution is 2.21. The standard InChI is InChI=1S/C14H15N5O/c20-14(7-11-3-1-2-4-11)18-12-5-6-13(16-8-12)19-10-15-9-17-19/h1,3,5-6,8-11H,2,4,7H2,(H,18,20)/t11-/m0/s1. The second-order valence-electron chi connectivity index (χ2n) is 4.76. The molecule has 1 aliphatic rings.